The molecule has 0 saturated carbocycles. The molecule has 0 amide bonds. The van der Waals surface area contributed by atoms with E-state index in [-0.39, 0.29) is 0 Å². The maximum atomic E-state index is 2.39. The molecule has 0 fully saturated rings. The molecule has 124 valence electrons. The van der Waals surface area contributed by atoms with Crippen molar-refractivity contribution in [2.45, 2.75) is 0 Å². The van der Waals surface area contributed by atoms with Crippen LogP contribution in [-0.2, 0) is 0 Å². The lowest BCUT2D eigenvalue weighted by Crippen LogP contribution is -1.93. The molecule has 5 aromatic rings. The minimum absolute atomic E-state index is 1.19. The van der Waals surface area contributed by atoms with E-state index in [2.05, 4.69) is 124 Å². The summed E-state index contributed by atoms with van der Waals surface area (Å²) >= 11 is 2.39. The second kappa shape index (κ2) is 6.29. The molecule has 0 bridgehead atoms. The van der Waals surface area contributed by atoms with E-state index in [0.29, 0.717) is 0 Å². The summed E-state index contributed by atoms with van der Waals surface area (Å²) in [5.74, 6) is 0. The Morgan fingerprint density at radius 1 is 0.538 bits per heavy atom. The third kappa shape index (κ3) is 2.53. The molecule has 2 heteroatoms. The number of rotatable bonds is 2. The van der Waals surface area contributed by atoms with Crippen LogP contribution in [0.1, 0.15) is 0 Å². The SMILES string of the molecule is Ic1ccc2c(c1)c1ccccc1n2-c1ccc(-c2ccccc2)cc1. The van der Waals surface area contributed by atoms with Gasteiger partial charge in [-0.15, -0.1) is 0 Å². The van der Waals surface area contributed by atoms with E-state index in [1.54, 1.807) is 0 Å². The van der Waals surface area contributed by atoms with Crippen molar-refractivity contribution in [3.8, 4) is 16.8 Å². The van der Waals surface area contributed by atoms with Crippen molar-refractivity contribution < 1.29 is 0 Å². The smallest absolute Gasteiger partial charge is 0.0541 e. The minimum atomic E-state index is 1.19. The van der Waals surface area contributed by atoms with Crippen LogP contribution in [0.5, 0.6) is 0 Å². The summed E-state index contributed by atoms with van der Waals surface area (Å²) in [5.41, 5.74) is 6.17. The Labute approximate surface area is 166 Å². The quantitative estimate of drug-likeness (QED) is 0.257. The summed E-state index contributed by atoms with van der Waals surface area (Å²) in [7, 11) is 0. The van der Waals surface area contributed by atoms with Crippen molar-refractivity contribution in [3.05, 3.63) is 101 Å². The van der Waals surface area contributed by atoms with Crippen LogP contribution in [0.15, 0.2) is 97.1 Å². The normalized spacial score (nSPS) is 11.3. The first kappa shape index (κ1) is 15.6. The molecule has 0 aliphatic heterocycles. The van der Waals surface area contributed by atoms with Gasteiger partial charge in [-0.3, -0.25) is 0 Å². The van der Waals surface area contributed by atoms with E-state index in [0.717, 1.165) is 0 Å². The van der Waals surface area contributed by atoms with E-state index in [4.69, 9.17) is 0 Å². The second-order valence-corrected chi connectivity index (χ2v) is 7.67. The van der Waals surface area contributed by atoms with E-state index in [1.165, 1.54) is 42.2 Å². The highest BCUT2D eigenvalue weighted by molar-refractivity contribution is 14.1. The molecule has 5 rings (SSSR count). The van der Waals surface area contributed by atoms with Gasteiger partial charge in [0.05, 0.1) is 11.0 Å². The molecule has 0 unspecified atom stereocenters. The number of hydrogen-bond acceptors (Lipinski definition) is 0. The van der Waals surface area contributed by atoms with Crippen LogP contribution in [0, 0.1) is 3.57 Å². The fourth-order valence-electron chi connectivity index (χ4n) is 3.66. The van der Waals surface area contributed by atoms with E-state index >= 15 is 0 Å². The van der Waals surface area contributed by atoms with Gasteiger partial charge >= 0.3 is 0 Å². The van der Waals surface area contributed by atoms with Gasteiger partial charge in [-0.2, -0.15) is 0 Å². The van der Waals surface area contributed by atoms with Crippen molar-refractivity contribution in [1.82, 2.24) is 4.57 Å². The fraction of sp³-hybridized carbons (Fsp3) is 0. The summed E-state index contributed by atoms with van der Waals surface area (Å²) in [5, 5.41) is 2.60. The second-order valence-electron chi connectivity index (χ2n) is 6.43. The standard InChI is InChI=1S/C24H16IN/c25-19-12-15-24-22(16-19)21-8-4-5-9-23(21)26(24)20-13-10-18(11-14-20)17-6-2-1-3-7-17/h1-16H. The van der Waals surface area contributed by atoms with Gasteiger partial charge in [0.2, 0.25) is 0 Å². The molecule has 1 heterocycles. The predicted octanol–water partition coefficient (Wildman–Crippen LogP) is 7.06. The Kier molecular flexibility index (Phi) is 3.79. The number of para-hydroxylation sites is 1. The highest BCUT2D eigenvalue weighted by Gasteiger charge is 2.12. The summed E-state index contributed by atoms with van der Waals surface area (Å²) in [6.45, 7) is 0. The zero-order chi connectivity index (χ0) is 17.5. The molecule has 0 radical (unpaired) electrons. The molecule has 1 nitrogen and oxygen atoms in total. The molecule has 0 spiro atoms. The lowest BCUT2D eigenvalue weighted by Gasteiger charge is -2.09. The molecule has 0 N–H and O–H groups in total. The Balaban J connectivity index is 1.73. The third-order valence-electron chi connectivity index (χ3n) is 4.87. The highest BCUT2D eigenvalue weighted by Crippen LogP contribution is 2.33. The number of halogens is 1. The molecule has 0 saturated heterocycles. The lowest BCUT2D eigenvalue weighted by atomic mass is 10.1. The monoisotopic (exact) mass is 445 g/mol. The molecule has 26 heavy (non-hydrogen) atoms. The van der Waals surface area contributed by atoms with Gasteiger partial charge < -0.3 is 4.57 Å². The van der Waals surface area contributed by atoms with Crippen LogP contribution < -0.4 is 0 Å². The van der Waals surface area contributed by atoms with Crippen LogP contribution >= 0.6 is 22.6 Å². The minimum Gasteiger partial charge on any atom is -0.309 e. The Morgan fingerprint density at radius 2 is 1.19 bits per heavy atom. The van der Waals surface area contributed by atoms with Crippen molar-refractivity contribution in [2.24, 2.45) is 0 Å². The van der Waals surface area contributed by atoms with Gasteiger partial charge in [-0.25, -0.2) is 0 Å². The van der Waals surface area contributed by atoms with E-state index < -0.39 is 0 Å². The molecule has 4 aromatic carbocycles. The fourth-order valence-corrected chi connectivity index (χ4v) is 4.15. The van der Waals surface area contributed by atoms with Crippen molar-refractivity contribution >= 4 is 44.4 Å². The maximum absolute atomic E-state index is 2.39. The van der Waals surface area contributed by atoms with Crippen molar-refractivity contribution in [3.63, 3.8) is 0 Å². The number of fused-ring (bicyclic) bond motifs is 3. The van der Waals surface area contributed by atoms with Crippen molar-refractivity contribution in [1.29, 1.82) is 0 Å². The van der Waals surface area contributed by atoms with Crippen LogP contribution in [0.2, 0.25) is 0 Å². The Morgan fingerprint density at radius 3 is 2.00 bits per heavy atom. The van der Waals surface area contributed by atoms with Gasteiger partial charge in [0.25, 0.3) is 0 Å². The molecule has 0 aliphatic carbocycles. The zero-order valence-corrected chi connectivity index (χ0v) is 16.2. The average molecular weight is 445 g/mol. The summed E-state index contributed by atoms with van der Waals surface area (Å²) in [4.78, 5) is 0. The Bertz CT molecular complexity index is 1220. The number of aromatic nitrogens is 1. The van der Waals surface area contributed by atoms with Gasteiger partial charge in [0, 0.05) is 20.0 Å². The highest BCUT2D eigenvalue weighted by atomic mass is 127. The van der Waals surface area contributed by atoms with Crippen LogP contribution in [0.4, 0.5) is 0 Å². The van der Waals surface area contributed by atoms with Crippen molar-refractivity contribution in [2.75, 3.05) is 0 Å². The van der Waals surface area contributed by atoms with Crippen LogP contribution in [0.25, 0.3) is 38.6 Å². The maximum Gasteiger partial charge on any atom is 0.0541 e. The molecule has 1 aromatic heterocycles. The predicted molar refractivity (Wildman–Crippen MR) is 119 cm³/mol. The van der Waals surface area contributed by atoms with Crippen LogP contribution in [-0.4, -0.2) is 4.57 Å². The molecule has 0 aliphatic rings. The van der Waals surface area contributed by atoms with Gasteiger partial charge in [-0.1, -0.05) is 60.7 Å². The topological polar surface area (TPSA) is 4.93 Å². The van der Waals surface area contributed by atoms with E-state index in [1.807, 2.05) is 0 Å². The lowest BCUT2D eigenvalue weighted by molar-refractivity contribution is 1.18. The van der Waals surface area contributed by atoms with Gasteiger partial charge in [0.15, 0.2) is 0 Å². The first-order valence-electron chi connectivity index (χ1n) is 8.66. The molecular weight excluding hydrogens is 429 g/mol. The Hall–Kier alpha value is -2.59. The number of benzene rings is 4. The van der Waals surface area contributed by atoms with Crippen LogP contribution in [0.3, 0.4) is 0 Å². The van der Waals surface area contributed by atoms with E-state index in [9.17, 15) is 0 Å². The molecule has 0 atom stereocenters. The average Bonchev–Trinajstić information content (AvgIpc) is 3.02. The first-order valence-corrected chi connectivity index (χ1v) is 9.74. The van der Waals surface area contributed by atoms with Gasteiger partial charge in [0.1, 0.15) is 0 Å². The first-order chi connectivity index (χ1) is 12.8. The summed E-state index contributed by atoms with van der Waals surface area (Å²) < 4.78 is 3.62. The number of hydrogen-bond donors (Lipinski definition) is 0. The summed E-state index contributed by atoms with van der Waals surface area (Å²) in [6.07, 6.45) is 0. The molecular formula is C24H16IN. The zero-order valence-electron chi connectivity index (χ0n) is 14.1. The third-order valence-corrected chi connectivity index (χ3v) is 5.54. The largest absolute Gasteiger partial charge is 0.309 e. The summed E-state index contributed by atoms with van der Waals surface area (Å²) in [6, 6.07) is 34.7. The van der Waals surface area contributed by atoms with Gasteiger partial charge in [-0.05, 0) is 70.1 Å². The number of nitrogens with zero attached hydrogens (tertiary/aromatic N) is 1.